The third kappa shape index (κ3) is 6.16. The van der Waals surface area contributed by atoms with Crippen LogP contribution in [-0.2, 0) is 4.74 Å². The fourth-order valence-corrected chi connectivity index (χ4v) is 4.81. The van der Waals surface area contributed by atoms with Gasteiger partial charge in [-0.05, 0) is 31.4 Å². The Morgan fingerprint density at radius 3 is 1.84 bits per heavy atom. The normalized spacial score (nSPS) is 24.4. The number of rotatable bonds is 12. The van der Waals surface area contributed by atoms with E-state index in [0.717, 1.165) is 24.0 Å². The standard InChI is InChI=1S/C21H35Cl3O/c1-5-6-7-8-9-10-11-12-13-14-15-21(25-4)17(3)16(2)18(22)19(23)20(21)24/h20H,5-15H2,1-4H3. The van der Waals surface area contributed by atoms with E-state index >= 15 is 0 Å². The number of halogens is 3. The number of ether oxygens (including phenoxy) is 1. The molecule has 146 valence electrons. The van der Waals surface area contributed by atoms with Gasteiger partial charge < -0.3 is 4.74 Å². The minimum atomic E-state index is -0.527. The molecule has 1 aliphatic carbocycles. The molecule has 2 atom stereocenters. The van der Waals surface area contributed by atoms with Crippen LogP contribution in [0.1, 0.15) is 91.4 Å². The van der Waals surface area contributed by atoms with E-state index in [-0.39, 0.29) is 0 Å². The highest BCUT2D eigenvalue weighted by Crippen LogP contribution is 2.47. The number of allylic oxidation sites excluding steroid dienone is 2. The van der Waals surface area contributed by atoms with E-state index in [1.807, 2.05) is 6.92 Å². The molecule has 0 saturated carbocycles. The van der Waals surface area contributed by atoms with Crippen LogP contribution in [0.4, 0.5) is 0 Å². The molecule has 25 heavy (non-hydrogen) atoms. The van der Waals surface area contributed by atoms with Gasteiger partial charge in [0.15, 0.2) is 0 Å². The molecule has 0 heterocycles. The van der Waals surface area contributed by atoms with Gasteiger partial charge in [-0.1, -0.05) is 94.3 Å². The predicted octanol–water partition coefficient (Wildman–Crippen LogP) is 8.33. The lowest BCUT2D eigenvalue weighted by Gasteiger charge is -2.41. The van der Waals surface area contributed by atoms with Crippen molar-refractivity contribution >= 4 is 34.8 Å². The smallest absolute Gasteiger partial charge is 0.110 e. The quantitative estimate of drug-likeness (QED) is 0.232. The number of methoxy groups -OCH3 is 1. The molecule has 0 N–H and O–H groups in total. The van der Waals surface area contributed by atoms with Crippen LogP contribution in [0.5, 0.6) is 0 Å². The van der Waals surface area contributed by atoms with E-state index in [4.69, 9.17) is 39.5 Å². The lowest BCUT2D eigenvalue weighted by atomic mass is 9.79. The van der Waals surface area contributed by atoms with E-state index in [2.05, 4.69) is 13.8 Å². The molecule has 0 bridgehead atoms. The second-order valence-electron chi connectivity index (χ2n) is 7.30. The molecular weight excluding hydrogens is 375 g/mol. The van der Waals surface area contributed by atoms with E-state index in [1.54, 1.807) is 7.11 Å². The average Bonchev–Trinajstić information content (AvgIpc) is 2.62. The van der Waals surface area contributed by atoms with Gasteiger partial charge in [0.2, 0.25) is 0 Å². The van der Waals surface area contributed by atoms with E-state index < -0.39 is 11.0 Å². The van der Waals surface area contributed by atoms with Gasteiger partial charge in [0.05, 0.1) is 10.1 Å². The third-order valence-electron chi connectivity index (χ3n) is 5.63. The molecule has 0 fully saturated rings. The second kappa shape index (κ2) is 11.9. The van der Waals surface area contributed by atoms with Crippen LogP contribution >= 0.6 is 34.8 Å². The molecule has 0 saturated heterocycles. The van der Waals surface area contributed by atoms with Crippen LogP contribution in [0.3, 0.4) is 0 Å². The summed E-state index contributed by atoms with van der Waals surface area (Å²) in [6, 6.07) is 0. The average molecular weight is 410 g/mol. The minimum absolute atomic E-state index is 0.408. The molecule has 1 rings (SSSR count). The topological polar surface area (TPSA) is 9.23 Å². The summed E-state index contributed by atoms with van der Waals surface area (Å²) in [5.74, 6) is 0. The fourth-order valence-electron chi connectivity index (χ4n) is 3.72. The molecule has 0 aromatic rings. The maximum atomic E-state index is 6.63. The van der Waals surface area contributed by atoms with Crippen LogP contribution in [0.2, 0.25) is 0 Å². The van der Waals surface area contributed by atoms with Crippen LogP contribution in [0.25, 0.3) is 0 Å². The monoisotopic (exact) mass is 408 g/mol. The van der Waals surface area contributed by atoms with Crippen LogP contribution in [0, 0.1) is 0 Å². The zero-order chi connectivity index (χ0) is 18.9. The summed E-state index contributed by atoms with van der Waals surface area (Å²) in [6.45, 7) is 6.32. The highest BCUT2D eigenvalue weighted by atomic mass is 35.5. The number of hydrogen-bond acceptors (Lipinski definition) is 1. The van der Waals surface area contributed by atoms with Crippen molar-refractivity contribution in [1.29, 1.82) is 0 Å². The maximum Gasteiger partial charge on any atom is 0.110 e. The second-order valence-corrected chi connectivity index (χ2v) is 8.52. The van der Waals surface area contributed by atoms with Crippen molar-refractivity contribution in [3.63, 3.8) is 0 Å². The van der Waals surface area contributed by atoms with Gasteiger partial charge in [0, 0.05) is 7.11 Å². The SMILES string of the molecule is CCCCCCCCCCCCC1(OC)C(C)=C(C)C(Cl)=C(Cl)C1Cl. The predicted molar refractivity (Wildman–Crippen MR) is 113 cm³/mol. The van der Waals surface area contributed by atoms with Crippen molar-refractivity contribution in [3.05, 3.63) is 21.2 Å². The highest BCUT2D eigenvalue weighted by molar-refractivity contribution is 6.45. The van der Waals surface area contributed by atoms with E-state index in [9.17, 15) is 0 Å². The van der Waals surface area contributed by atoms with Gasteiger partial charge in [-0.15, -0.1) is 11.6 Å². The molecule has 0 aliphatic heterocycles. The maximum absolute atomic E-state index is 6.63. The van der Waals surface area contributed by atoms with Crippen molar-refractivity contribution in [3.8, 4) is 0 Å². The van der Waals surface area contributed by atoms with Gasteiger partial charge in [-0.2, -0.15) is 0 Å². The Morgan fingerprint density at radius 2 is 1.36 bits per heavy atom. The van der Waals surface area contributed by atoms with Crippen molar-refractivity contribution in [1.82, 2.24) is 0 Å². The summed E-state index contributed by atoms with van der Waals surface area (Å²) < 4.78 is 5.91. The molecule has 0 spiro atoms. The molecule has 0 aromatic carbocycles. The molecule has 2 unspecified atom stereocenters. The Bertz CT molecular complexity index is 470. The van der Waals surface area contributed by atoms with E-state index in [1.165, 1.54) is 57.8 Å². The molecule has 0 radical (unpaired) electrons. The zero-order valence-corrected chi connectivity index (χ0v) is 18.7. The number of hydrogen-bond donors (Lipinski definition) is 0. The Kier molecular flexibility index (Phi) is 11.1. The first-order valence-electron chi connectivity index (χ1n) is 9.85. The molecule has 4 heteroatoms. The first-order valence-corrected chi connectivity index (χ1v) is 11.0. The highest BCUT2D eigenvalue weighted by Gasteiger charge is 2.45. The number of unbranched alkanes of at least 4 members (excludes halogenated alkanes) is 9. The third-order valence-corrected chi connectivity index (χ3v) is 7.31. The Hall–Kier alpha value is 0.310. The summed E-state index contributed by atoms with van der Waals surface area (Å²) in [5, 5.41) is 0.684. The Labute approximate surface area is 170 Å². The van der Waals surface area contributed by atoms with E-state index in [0.29, 0.717) is 10.1 Å². The fraction of sp³-hybridized carbons (Fsp3) is 0.810. The van der Waals surface area contributed by atoms with Crippen LogP contribution in [0.15, 0.2) is 21.2 Å². The lowest BCUT2D eigenvalue weighted by Crippen LogP contribution is -2.45. The summed E-state index contributed by atoms with van der Waals surface area (Å²) in [4.78, 5) is 0. The minimum Gasteiger partial charge on any atom is -0.372 e. The van der Waals surface area contributed by atoms with Gasteiger partial charge in [0.25, 0.3) is 0 Å². The van der Waals surface area contributed by atoms with Gasteiger partial charge in [-0.25, -0.2) is 0 Å². The van der Waals surface area contributed by atoms with Gasteiger partial charge >= 0.3 is 0 Å². The summed E-state index contributed by atoms with van der Waals surface area (Å²) in [6.07, 6.45) is 14.0. The molecule has 1 nitrogen and oxygen atoms in total. The van der Waals surface area contributed by atoms with Crippen LogP contribution in [-0.4, -0.2) is 18.1 Å². The summed E-state index contributed by atoms with van der Waals surface area (Å²) in [7, 11) is 1.73. The molecule has 0 amide bonds. The first kappa shape index (κ1) is 23.3. The largest absolute Gasteiger partial charge is 0.372 e. The number of alkyl halides is 1. The van der Waals surface area contributed by atoms with Gasteiger partial charge in [-0.3, -0.25) is 0 Å². The molecule has 1 aliphatic rings. The Balaban J connectivity index is 2.40. The lowest BCUT2D eigenvalue weighted by molar-refractivity contribution is 0.0151. The van der Waals surface area contributed by atoms with Crippen LogP contribution < -0.4 is 0 Å². The van der Waals surface area contributed by atoms with Gasteiger partial charge in [0.1, 0.15) is 11.0 Å². The van der Waals surface area contributed by atoms with Crippen molar-refractivity contribution in [2.45, 2.75) is 102 Å². The van der Waals surface area contributed by atoms with Crippen molar-refractivity contribution in [2.24, 2.45) is 0 Å². The molecular formula is C21H35Cl3O. The Morgan fingerprint density at radius 1 is 0.880 bits per heavy atom. The van der Waals surface area contributed by atoms with Crippen molar-refractivity contribution in [2.75, 3.05) is 7.11 Å². The zero-order valence-electron chi connectivity index (χ0n) is 16.4. The summed E-state index contributed by atoms with van der Waals surface area (Å²) >= 11 is 19.3. The van der Waals surface area contributed by atoms with Crippen molar-refractivity contribution < 1.29 is 4.74 Å². The first-order chi connectivity index (χ1) is 11.9. The molecule has 0 aromatic heterocycles. The summed E-state index contributed by atoms with van der Waals surface area (Å²) in [5.41, 5.74) is 1.58.